The summed E-state index contributed by atoms with van der Waals surface area (Å²) in [6, 6.07) is 14.4. The second-order valence-corrected chi connectivity index (χ2v) is 7.34. The summed E-state index contributed by atoms with van der Waals surface area (Å²) in [5.74, 6) is -0.0128. The minimum atomic E-state index is -0.426. The van der Waals surface area contributed by atoms with Gasteiger partial charge in [0.15, 0.2) is 0 Å². The van der Waals surface area contributed by atoms with Crippen LogP contribution in [-0.2, 0) is 0 Å². The Morgan fingerprint density at radius 2 is 1.90 bits per heavy atom. The maximum absolute atomic E-state index is 14.0. The van der Waals surface area contributed by atoms with Gasteiger partial charge < -0.3 is 8.98 Å². The molecule has 0 saturated carbocycles. The van der Waals surface area contributed by atoms with Crippen LogP contribution < -0.4 is 5.43 Å². The van der Waals surface area contributed by atoms with Gasteiger partial charge in [0.1, 0.15) is 34.3 Å². The maximum atomic E-state index is 14.0. The monoisotopic (exact) mass is 419 g/mol. The van der Waals surface area contributed by atoms with Crippen LogP contribution in [0, 0.1) is 5.82 Å². The summed E-state index contributed by atoms with van der Waals surface area (Å²) in [5, 5.41) is 1.48. The highest BCUT2D eigenvalue weighted by atomic mass is 35.5. The summed E-state index contributed by atoms with van der Waals surface area (Å²) < 4.78 is 22.1. The molecular formula is C23H15ClFN3O2. The number of benzene rings is 2. The summed E-state index contributed by atoms with van der Waals surface area (Å²) in [5.41, 5.74) is 1.65. The van der Waals surface area contributed by atoms with E-state index in [-0.39, 0.29) is 5.43 Å². The van der Waals surface area contributed by atoms with Crippen LogP contribution in [0.25, 0.3) is 33.1 Å². The summed E-state index contributed by atoms with van der Waals surface area (Å²) in [6.45, 7) is 1.89. The topological polar surface area (TPSA) is 60.9 Å². The Bertz CT molecular complexity index is 1470. The van der Waals surface area contributed by atoms with Crippen LogP contribution in [0.4, 0.5) is 4.39 Å². The van der Waals surface area contributed by atoms with Gasteiger partial charge in [0.25, 0.3) is 0 Å². The van der Waals surface area contributed by atoms with E-state index in [2.05, 4.69) is 9.97 Å². The lowest BCUT2D eigenvalue weighted by Crippen LogP contribution is -2.15. The van der Waals surface area contributed by atoms with Crippen LogP contribution in [-0.4, -0.2) is 14.5 Å². The minimum absolute atomic E-state index is 0.214. The van der Waals surface area contributed by atoms with Crippen LogP contribution in [0.3, 0.4) is 0 Å². The lowest BCUT2D eigenvalue weighted by Gasteiger charge is -2.18. The van der Waals surface area contributed by atoms with E-state index in [1.54, 1.807) is 36.4 Å². The van der Waals surface area contributed by atoms with Crippen molar-refractivity contribution in [2.24, 2.45) is 0 Å². The second-order valence-electron chi connectivity index (χ2n) is 6.98. The predicted octanol–water partition coefficient (Wildman–Crippen LogP) is 5.61. The Morgan fingerprint density at radius 3 is 2.73 bits per heavy atom. The number of hydrogen-bond donors (Lipinski definition) is 0. The molecule has 148 valence electrons. The molecule has 0 N–H and O–H groups in total. The Kier molecular flexibility index (Phi) is 4.37. The van der Waals surface area contributed by atoms with Gasteiger partial charge in [-0.15, -0.1) is 0 Å². The van der Waals surface area contributed by atoms with Gasteiger partial charge in [-0.1, -0.05) is 35.9 Å². The first-order valence-electron chi connectivity index (χ1n) is 9.33. The first kappa shape index (κ1) is 18.5. The molecule has 3 aromatic heterocycles. The molecule has 0 saturated heterocycles. The minimum Gasteiger partial charge on any atom is -0.458 e. The van der Waals surface area contributed by atoms with Gasteiger partial charge in [-0.3, -0.25) is 4.79 Å². The van der Waals surface area contributed by atoms with E-state index in [9.17, 15) is 9.18 Å². The highest BCUT2D eigenvalue weighted by Crippen LogP contribution is 2.33. The number of para-hydroxylation sites is 1. The largest absolute Gasteiger partial charge is 0.458 e. The smallest absolute Gasteiger partial charge is 0.200 e. The van der Waals surface area contributed by atoms with Gasteiger partial charge in [-0.25, -0.2) is 14.4 Å². The first-order valence-corrected chi connectivity index (χ1v) is 9.71. The molecule has 1 unspecified atom stereocenters. The number of fused-ring (bicyclic) bond motifs is 2. The molecule has 0 aliphatic rings. The Balaban J connectivity index is 1.82. The average molecular weight is 420 g/mol. The molecule has 0 fully saturated rings. The molecule has 30 heavy (non-hydrogen) atoms. The standard InChI is InChI=1S/C23H15ClFN3O2/c1-13(28-10-9-17-22(24)26-12-27-23(17)28)21-19(14-5-4-6-15(25)11-14)20(29)16-7-2-3-8-18(16)30-21/h2-13H,1H3. The normalized spacial score (nSPS) is 12.5. The molecule has 0 aliphatic heterocycles. The van der Waals surface area contributed by atoms with Crippen LogP contribution >= 0.6 is 11.6 Å². The first-order chi connectivity index (χ1) is 14.5. The molecule has 0 bridgehead atoms. The van der Waals surface area contributed by atoms with Crippen LogP contribution in [0.2, 0.25) is 5.15 Å². The molecule has 5 nitrogen and oxygen atoms in total. The zero-order valence-corrected chi connectivity index (χ0v) is 16.6. The highest BCUT2D eigenvalue weighted by Gasteiger charge is 2.23. The molecule has 7 heteroatoms. The Morgan fingerprint density at radius 1 is 1.07 bits per heavy atom. The molecule has 5 aromatic rings. The van der Waals surface area contributed by atoms with E-state index in [1.165, 1.54) is 18.5 Å². The molecule has 2 aromatic carbocycles. The van der Waals surface area contributed by atoms with E-state index in [1.807, 2.05) is 23.8 Å². The van der Waals surface area contributed by atoms with Gasteiger partial charge in [0.2, 0.25) is 5.43 Å². The lowest BCUT2D eigenvalue weighted by atomic mass is 9.99. The molecule has 0 spiro atoms. The van der Waals surface area contributed by atoms with Crippen molar-refractivity contribution in [3.8, 4) is 11.1 Å². The third-order valence-corrected chi connectivity index (χ3v) is 5.50. The number of halogens is 2. The predicted molar refractivity (Wildman–Crippen MR) is 114 cm³/mol. The van der Waals surface area contributed by atoms with E-state index in [0.717, 1.165) is 0 Å². The van der Waals surface area contributed by atoms with Crippen molar-refractivity contribution in [2.75, 3.05) is 0 Å². The van der Waals surface area contributed by atoms with Crippen molar-refractivity contribution < 1.29 is 8.81 Å². The van der Waals surface area contributed by atoms with Gasteiger partial charge in [0.05, 0.1) is 22.4 Å². The van der Waals surface area contributed by atoms with E-state index < -0.39 is 11.9 Å². The fourth-order valence-corrected chi connectivity index (χ4v) is 3.94. The molecule has 3 heterocycles. The van der Waals surface area contributed by atoms with Crippen LogP contribution in [0.1, 0.15) is 18.7 Å². The average Bonchev–Trinajstić information content (AvgIpc) is 3.19. The summed E-state index contributed by atoms with van der Waals surface area (Å²) in [4.78, 5) is 21.8. The van der Waals surface area contributed by atoms with Crippen molar-refractivity contribution >= 4 is 33.6 Å². The Hall–Kier alpha value is -3.51. The number of aromatic nitrogens is 3. The molecular weight excluding hydrogens is 405 g/mol. The Labute approximate surface area is 175 Å². The fraction of sp³-hybridized carbons (Fsp3) is 0.0870. The van der Waals surface area contributed by atoms with E-state index in [4.69, 9.17) is 16.0 Å². The van der Waals surface area contributed by atoms with Gasteiger partial charge >= 0.3 is 0 Å². The maximum Gasteiger partial charge on any atom is 0.200 e. The summed E-state index contributed by atoms with van der Waals surface area (Å²) in [6.07, 6.45) is 3.21. The van der Waals surface area contributed by atoms with Crippen molar-refractivity contribution in [2.45, 2.75) is 13.0 Å². The molecule has 0 radical (unpaired) electrons. The summed E-state index contributed by atoms with van der Waals surface area (Å²) in [7, 11) is 0. The van der Waals surface area contributed by atoms with Crippen LogP contribution in [0.5, 0.6) is 0 Å². The van der Waals surface area contributed by atoms with Crippen LogP contribution in [0.15, 0.2) is 76.3 Å². The van der Waals surface area contributed by atoms with E-state index >= 15 is 0 Å². The molecule has 0 aliphatic carbocycles. The van der Waals surface area contributed by atoms with Gasteiger partial charge in [-0.2, -0.15) is 0 Å². The third-order valence-electron chi connectivity index (χ3n) is 5.20. The third kappa shape index (κ3) is 2.88. The zero-order valence-electron chi connectivity index (χ0n) is 15.8. The molecule has 0 amide bonds. The van der Waals surface area contributed by atoms with Crippen molar-refractivity contribution in [1.29, 1.82) is 0 Å². The second kappa shape index (κ2) is 7.07. The highest BCUT2D eigenvalue weighted by molar-refractivity contribution is 6.33. The fourth-order valence-electron chi connectivity index (χ4n) is 3.75. The quantitative estimate of drug-likeness (QED) is 0.357. The van der Waals surface area contributed by atoms with Crippen molar-refractivity contribution in [3.63, 3.8) is 0 Å². The SMILES string of the molecule is CC(c1oc2ccccc2c(=O)c1-c1cccc(F)c1)n1ccc2c(Cl)ncnc21. The summed E-state index contributed by atoms with van der Waals surface area (Å²) >= 11 is 6.19. The lowest BCUT2D eigenvalue weighted by molar-refractivity contribution is 0.469. The van der Waals surface area contributed by atoms with Crippen molar-refractivity contribution in [1.82, 2.24) is 14.5 Å². The number of rotatable bonds is 3. The molecule has 5 rings (SSSR count). The number of nitrogens with zero attached hydrogens (tertiary/aromatic N) is 3. The van der Waals surface area contributed by atoms with E-state index in [0.29, 0.717) is 44.0 Å². The van der Waals surface area contributed by atoms with Gasteiger partial charge in [0, 0.05) is 6.20 Å². The molecule has 1 atom stereocenters. The zero-order chi connectivity index (χ0) is 20.8. The van der Waals surface area contributed by atoms with Crippen molar-refractivity contribution in [3.05, 3.63) is 94.1 Å². The van der Waals surface area contributed by atoms with Gasteiger partial charge in [-0.05, 0) is 42.8 Å². The number of hydrogen-bond acceptors (Lipinski definition) is 4.